The Morgan fingerprint density at radius 3 is 2.33 bits per heavy atom. The van der Waals surface area contributed by atoms with Gasteiger partial charge in [-0.25, -0.2) is 9.97 Å². The Balaban J connectivity index is 1.26. The third-order valence-electron chi connectivity index (χ3n) is 9.98. The van der Waals surface area contributed by atoms with Crippen LogP contribution in [0.2, 0.25) is 0 Å². The van der Waals surface area contributed by atoms with Crippen LogP contribution in [0.1, 0.15) is 61.1 Å². The van der Waals surface area contributed by atoms with Crippen LogP contribution in [-0.2, 0) is 55.4 Å². The summed E-state index contributed by atoms with van der Waals surface area (Å²) in [4.78, 5) is 106. The SMILES string of the molecule is C=CC1C(C(=O)Nc2nc3ncc(CNc4ccc(C(=O)NC(C=O)CCC(=O)O)cc4)nc3c(=O)[nH]2)C(C(=O)OCCCCOP(OCC)OCC)C(C=O)N1Cc1ccccc1. The number of carbonyl (C=O) groups excluding carboxylic acids is 5. The zero-order valence-electron chi connectivity index (χ0n) is 35.3. The summed E-state index contributed by atoms with van der Waals surface area (Å²) < 4.78 is 22.2. The highest BCUT2D eigenvalue weighted by Crippen LogP contribution is 2.40. The van der Waals surface area contributed by atoms with Crippen LogP contribution in [0, 0.1) is 11.8 Å². The largest absolute Gasteiger partial charge is 0.481 e. The fourth-order valence-electron chi connectivity index (χ4n) is 6.96. The molecule has 2 aromatic carbocycles. The van der Waals surface area contributed by atoms with Gasteiger partial charge in [-0.3, -0.25) is 39.2 Å². The summed E-state index contributed by atoms with van der Waals surface area (Å²) in [5, 5.41) is 17.1. The molecule has 0 spiro atoms. The molecule has 1 aliphatic rings. The van der Waals surface area contributed by atoms with Gasteiger partial charge in [0.05, 0.1) is 68.8 Å². The maximum Gasteiger partial charge on any atom is 0.332 e. The predicted octanol–water partition coefficient (Wildman–Crippen LogP) is 3.94. The van der Waals surface area contributed by atoms with Crippen molar-refractivity contribution in [2.45, 2.75) is 70.7 Å². The van der Waals surface area contributed by atoms with Crippen LogP contribution < -0.4 is 21.5 Å². The molecular formula is C43H51N8O12P. The number of carboxylic acid groups (broad SMARTS) is 1. The van der Waals surface area contributed by atoms with Gasteiger partial charge in [0.25, 0.3) is 11.5 Å². The molecule has 0 bridgehead atoms. The van der Waals surface area contributed by atoms with Gasteiger partial charge in [0.15, 0.2) is 11.2 Å². The number of aldehydes is 2. The topological polar surface area (TPSA) is 270 Å². The van der Waals surface area contributed by atoms with Gasteiger partial charge in [-0.05, 0) is 62.9 Å². The van der Waals surface area contributed by atoms with Gasteiger partial charge in [0.2, 0.25) is 11.9 Å². The number of hydrogen-bond acceptors (Lipinski definition) is 16. The number of rotatable bonds is 26. The van der Waals surface area contributed by atoms with Crippen molar-refractivity contribution in [1.82, 2.24) is 30.2 Å². The highest BCUT2D eigenvalue weighted by molar-refractivity contribution is 7.41. The second-order valence-corrected chi connectivity index (χ2v) is 15.6. The van der Waals surface area contributed by atoms with E-state index >= 15 is 0 Å². The van der Waals surface area contributed by atoms with Gasteiger partial charge in [0.1, 0.15) is 12.6 Å². The molecule has 0 radical (unpaired) electrons. The number of likely N-dealkylation sites (tertiary alicyclic amines) is 1. The van der Waals surface area contributed by atoms with Crippen LogP contribution in [0.4, 0.5) is 11.6 Å². The smallest absolute Gasteiger partial charge is 0.332 e. The van der Waals surface area contributed by atoms with Crippen molar-refractivity contribution in [1.29, 1.82) is 0 Å². The van der Waals surface area contributed by atoms with Crippen LogP contribution in [-0.4, -0.2) is 111 Å². The first-order valence-electron chi connectivity index (χ1n) is 20.6. The lowest BCUT2D eigenvalue weighted by molar-refractivity contribution is -0.153. The first-order chi connectivity index (χ1) is 31.0. The minimum absolute atomic E-state index is 0.000561. The Labute approximate surface area is 369 Å². The number of nitrogens with one attached hydrogen (secondary N) is 4. The highest BCUT2D eigenvalue weighted by Gasteiger charge is 2.55. The number of aromatic amines is 1. The van der Waals surface area contributed by atoms with Crippen LogP contribution in [0.5, 0.6) is 0 Å². The first kappa shape index (κ1) is 48.7. The van der Waals surface area contributed by atoms with Gasteiger partial charge in [-0.2, -0.15) is 4.98 Å². The molecule has 3 heterocycles. The number of amides is 2. The summed E-state index contributed by atoms with van der Waals surface area (Å²) in [7, 11) is -1.48. The summed E-state index contributed by atoms with van der Waals surface area (Å²) in [5.41, 5.74) is 1.14. The van der Waals surface area contributed by atoms with E-state index in [1.165, 1.54) is 24.4 Å². The van der Waals surface area contributed by atoms with Gasteiger partial charge in [-0.15, -0.1) is 6.58 Å². The zero-order valence-corrected chi connectivity index (χ0v) is 36.2. The number of carbonyl (C=O) groups is 6. The average Bonchev–Trinajstić information content (AvgIpc) is 3.61. The van der Waals surface area contributed by atoms with E-state index in [2.05, 4.69) is 42.5 Å². The molecule has 0 saturated carbocycles. The van der Waals surface area contributed by atoms with Crippen molar-refractivity contribution in [2.75, 3.05) is 37.1 Å². The van der Waals surface area contributed by atoms with E-state index in [1.807, 2.05) is 44.2 Å². The van der Waals surface area contributed by atoms with Crippen molar-refractivity contribution in [3.8, 4) is 0 Å². The molecular weight excluding hydrogens is 851 g/mol. The number of aliphatic carboxylic acids is 1. The number of ether oxygens (including phenoxy) is 1. The predicted molar refractivity (Wildman–Crippen MR) is 234 cm³/mol. The van der Waals surface area contributed by atoms with Crippen LogP contribution in [0.3, 0.4) is 0 Å². The van der Waals surface area contributed by atoms with E-state index < -0.39 is 67.9 Å². The van der Waals surface area contributed by atoms with E-state index in [0.29, 0.717) is 56.6 Å². The lowest BCUT2D eigenvalue weighted by Gasteiger charge is -2.27. The molecule has 1 aliphatic heterocycles. The molecule has 5 atom stereocenters. The quantitative estimate of drug-likeness (QED) is 0.0196. The number of hydrogen-bond donors (Lipinski definition) is 5. The number of nitrogens with zero attached hydrogens (tertiary/aromatic N) is 4. The highest BCUT2D eigenvalue weighted by atomic mass is 31.2. The number of benzene rings is 2. The standard InChI is InChI=1S/C43H51N8O12P/c1-4-32-35(36(33(26-53)51(32)24-27-12-8-7-9-13-27)42(59)60-20-10-11-21-63-64(61-5-2)62-6-3)40(57)49-43-48-38-37(41(58)50-43)46-31(23-45-38)22-44-29-16-14-28(15-17-29)39(56)47-30(25-52)18-19-34(54)55/h4,7-9,12-17,23,25-26,30,32-33,35-36,44H,1,5-6,10-11,18-22,24H2,2-3H3,(H,47,56)(H,54,55)(H2,45,48,49,50,57,58). The van der Waals surface area contributed by atoms with Crippen molar-refractivity contribution >= 4 is 67.7 Å². The van der Waals surface area contributed by atoms with Gasteiger partial charge >= 0.3 is 20.5 Å². The second kappa shape index (κ2) is 24.5. The number of anilines is 2. The van der Waals surface area contributed by atoms with Gasteiger partial charge in [0, 0.05) is 30.3 Å². The molecule has 21 heteroatoms. The summed E-state index contributed by atoms with van der Waals surface area (Å²) in [6, 6.07) is 12.7. The van der Waals surface area contributed by atoms with Crippen molar-refractivity contribution in [2.24, 2.45) is 11.8 Å². The van der Waals surface area contributed by atoms with Gasteiger partial charge in [-0.1, -0.05) is 36.4 Å². The maximum absolute atomic E-state index is 14.2. The molecule has 64 heavy (non-hydrogen) atoms. The molecule has 0 aliphatic carbocycles. The summed E-state index contributed by atoms with van der Waals surface area (Å²) in [5.74, 6) is -5.78. The molecule has 2 aromatic heterocycles. The number of unbranched alkanes of at least 4 members (excludes halogenated alkanes) is 1. The monoisotopic (exact) mass is 902 g/mol. The van der Waals surface area contributed by atoms with E-state index in [9.17, 15) is 33.6 Å². The molecule has 1 saturated heterocycles. The lowest BCUT2D eigenvalue weighted by atomic mass is 9.86. The van der Waals surface area contributed by atoms with E-state index in [0.717, 1.165) is 5.56 Å². The number of H-pyrrole nitrogens is 1. The maximum atomic E-state index is 14.2. The van der Waals surface area contributed by atoms with Gasteiger partial charge < -0.3 is 43.6 Å². The fourth-order valence-corrected chi connectivity index (χ4v) is 7.88. The van der Waals surface area contributed by atoms with E-state index in [1.54, 1.807) is 17.0 Å². The minimum atomic E-state index is -1.48. The van der Waals surface area contributed by atoms with Crippen LogP contribution in [0.15, 0.2) is 78.2 Å². The lowest BCUT2D eigenvalue weighted by Crippen LogP contribution is -2.40. The van der Waals surface area contributed by atoms with Crippen molar-refractivity contribution in [3.63, 3.8) is 0 Å². The molecule has 5 rings (SSSR count). The third kappa shape index (κ3) is 13.4. The Morgan fingerprint density at radius 1 is 0.953 bits per heavy atom. The fraction of sp³-hybridized carbons (Fsp3) is 0.395. The summed E-state index contributed by atoms with van der Waals surface area (Å²) >= 11 is 0. The number of fused-ring (bicyclic) bond motifs is 1. The molecule has 5 unspecified atom stereocenters. The molecule has 340 valence electrons. The molecule has 1 fully saturated rings. The van der Waals surface area contributed by atoms with Crippen LogP contribution >= 0.6 is 8.60 Å². The third-order valence-corrected chi connectivity index (χ3v) is 11.3. The molecule has 20 nitrogen and oxygen atoms in total. The molecule has 2 amide bonds. The summed E-state index contributed by atoms with van der Waals surface area (Å²) in [6.07, 6.45) is 4.65. The van der Waals surface area contributed by atoms with E-state index in [4.69, 9.17) is 23.4 Å². The number of esters is 1. The zero-order chi connectivity index (χ0) is 46.0. The number of aromatic nitrogens is 4. The van der Waals surface area contributed by atoms with Crippen molar-refractivity contribution < 1.29 is 52.2 Å². The van der Waals surface area contributed by atoms with E-state index in [-0.39, 0.29) is 55.2 Å². The Hall–Kier alpha value is -6.31. The Bertz CT molecular complexity index is 2290. The Kier molecular flexibility index (Phi) is 18.7. The summed E-state index contributed by atoms with van der Waals surface area (Å²) in [6.45, 7) is 9.13. The average molecular weight is 903 g/mol. The minimum Gasteiger partial charge on any atom is -0.481 e. The first-order valence-corrected chi connectivity index (χ1v) is 21.7. The normalized spacial score (nSPS) is 17.7. The number of carboxylic acids is 1. The molecule has 4 aromatic rings. The Morgan fingerprint density at radius 2 is 1.67 bits per heavy atom. The van der Waals surface area contributed by atoms with Crippen molar-refractivity contribution in [3.05, 3.63) is 101 Å². The van der Waals surface area contributed by atoms with Crippen LogP contribution in [0.25, 0.3) is 11.2 Å². The molecule has 5 N–H and O–H groups in total. The second-order valence-electron chi connectivity index (χ2n) is 14.3.